The van der Waals surface area contributed by atoms with E-state index in [9.17, 15) is 0 Å². The molecule has 2 nitrogen and oxygen atoms in total. The summed E-state index contributed by atoms with van der Waals surface area (Å²) in [6, 6.07) is 15.1. The average Bonchev–Trinajstić information content (AvgIpc) is 2.78. The molecule has 130 valence electrons. The van der Waals surface area contributed by atoms with Crippen molar-refractivity contribution in [1.29, 1.82) is 0 Å². The Morgan fingerprint density at radius 1 is 1.04 bits per heavy atom. The van der Waals surface area contributed by atoms with Gasteiger partial charge in [-0.05, 0) is 47.5 Å². The summed E-state index contributed by atoms with van der Waals surface area (Å²) in [4.78, 5) is 6.26. The van der Waals surface area contributed by atoms with E-state index in [0.29, 0.717) is 0 Å². The Kier molecular flexibility index (Phi) is 5.18. The second-order valence-electron chi connectivity index (χ2n) is 6.81. The van der Waals surface area contributed by atoms with Crippen LogP contribution >= 0.6 is 23.4 Å². The van der Waals surface area contributed by atoms with Crippen LogP contribution in [0.25, 0.3) is 5.57 Å². The number of nitrogens with zero attached hydrogens (tertiary/aromatic N) is 2. The van der Waals surface area contributed by atoms with Crippen LogP contribution in [-0.2, 0) is 5.75 Å². The fourth-order valence-corrected chi connectivity index (χ4v) is 4.74. The van der Waals surface area contributed by atoms with Gasteiger partial charge in [-0.15, -0.1) is 11.8 Å². The first-order valence-electron chi connectivity index (χ1n) is 8.83. The maximum Gasteiger partial charge on any atom is 0.0412 e. The van der Waals surface area contributed by atoms with Gasteiger partial charge in [-0.1, -0.05) is 41.9 Å². The van der Waals surface area contributed by atoms with Crippen molar-refractivity contribution < 1.29 is 0 Å². The Balaban J connectivity index is 1.71. The molecule has 0 bridgehead atoms. The maximum absolute atomic E-state index is 6.33. The second kappa shape index (κ2) is 7.55. The molecule has 2 aromatic carbocycles. The van der Waals surface area contributed by atoms with E-state index in [1.165, 1.54) is 27.2 Å². The van der Waals surface area contributed by atoms with E-state index >= 15 is 0 Å². The fraction of sp³-hybridized carbons (Fsp3) is 0.333. The molecule has 0 aromatic heterocycles. The van der Waals surface area contributed by atoms with Crippen LogP contribution in [0, 0.1) is 0 Å². The Morgan fingerprint density at radius 3 is 2.68 bits per heavy atom. The molecule has 2 aromatic rings. The summed E-state index contributed by atoms with van der Waals surface area (Å²) in [5, 5.41) is 0.809. The summed E-state index contributed by atoms with van der Waals surface area (Å²) >= 11 is 8.24. The van der Waals surface area contributed by atoms with Gasteiger partial charge in [-0.2, -0.15) is 0 Å². The number of thioether (sulfide) groups is 1. The molecule has 0 spiro atoms. The molecule has 1 saturated heterocycles. The third-order valence-electron chi connectivity index (χ3n) is 5.07. The highest BCUT2D eigenvalue weighted by Gasteiger charge is 2.19. The third-order valence-corrected chi connectivity index (χ3v) is 6.43. The van der Waals surface area contributed by atoms with Crippen molar-refractivity contribution in [2.75, 3.05) is 39.8 Å². The van der Waals surface area contributed by atoms with E-state index in [1.807, 2.05) is 17.8 Å². The van der Waals surface area contributed by atoms with Gasteiger partial charge >= 0.3 is 0 Å². The van der Waals surface area contributed by atoms with Gasteiger partial charge in [-0.3, -0.25) is 4.90 Å². The number of benzene rings is 2. The Bertz CT molecular complexity index is 794. The minimum atomic E-state index is 0.809. The summed E-state index contributed by atoms with van der Waals surface area (Å²) in [7, 11) is 2.20. The van der Waals surface area contributed by atoms with Crippen LogP contribution in [0.4, 0.5) is 0 Å². The molecular formula is C21H23ClN2S. The van der Waals surface area contributed by atoms with Gasteiger partial charge in [-0.25, -0.2) is 0 Å². The summed E-state index contributed by atoms with van der Waals surface area (Å²) in [6.45, 7) is 5.57. The monoisotopic (exact) mass is 370 g/mol. The SMILES string of the molecule is CN1CCN(CC=C2c3ccccc3CSc3ccc(Cl)cc32)CC1. The lowest BCUT2D eigenvalue weighted by Crippen LogP contribution is -2.44. The van der Waals surface area contributed by atoms with Gasteiger partial charge in [0.2, 0.25) is 0 Å². The van der Waals surface area contributed by atoms with Gasteiger partial charge in [0.25, 0.3) is 0 Å². The predicted molar refractivity (Wildman–Crippen MR) is 108 cm³/mol. The van der Waals surface area contributed by atoms with E-state index in [-0.39, 0.29) is 0 Å². The molecule has 0 atom stereocenters. The molecule has 2 heterocycles. The molecule has 0 unspecified atom stereocenters. The molecular weight excluding hydrogens is 348 g/mol. The molecule has 0 radical (unpaired) electrons. The van der Waals surface area contributed by atoms with Gasteiger partial charge in [0, 0.05) is 48.4 Å². The molecule has 0 aliphatic carbocycles. The normalized spacial score (nSPS) is 20.2. The minimum Gasteiger partial charge on any atom is -0.304 e. The quantitative estimate of drug-likeness (QED) is 0.761. The predicted octanol–water partition coefficient (Wildman–Crippen LogP) is 4.62. The molecule has 2 aliphatic heterocycles. The zero-order chi connectivity index (χ0) is 17.2. The smallest absolute Gasteiger partial charge is 0.0412 e. The lowest BCUT2D eigenvalue weighted by molar-refractivity contribution is 0.166. The minimum absolute atomic E-state index is 0.809. The Morgan fingerprint density at radius 2 is 1.84 bits per heavy atom. The van der Waals surface area contributed by atoms with Crippen molar-refractivity contribution in [3.63, 3.8) is 0 Å². The molecule has 2 aliphatic rings. The topological polar surface area (TPSA) is 6.48 Å². The Hall–Kier alpha value is -1.26. The van der Waals surface area contributed by atoms with E-state index in [2.05, 4.69) is 59.3 Å². The molecule has 0 amide bonds. The van der Waals surface area contributed by atoms with Crippen LogP contribution in [0.2, 0.25) is 5.02 Å². The second-order valence-corrected chi connectivity index (χ2v) is 8.26. The number of piperazine rings is 1. The van der Waals surface area contributed by atoms with Crippen molar-refractivity contribution in [2.24, 2.45) is 0 Å². The first-order chi connectivity index (χ1) is 12.2. The van der Waals surface area contributed by atoms with Crippen LogP contribution in [-0.4, -0.2) is 49.6 Å². The molecule has 4 heteroatoms. The van der Waals surface area contributed by atoms with Crippen molar-refractivity contribution in [3.8, 4) is 0 Å². The first-order valence-corrected chi connectivity index (χ1v) is 10.2. The molecule has 1 fully saturated rings. The molecule has 0 N–H and O–H groups in total. The summed E-state index contributed by atoms with van der Waals surface area (Å²) in [5.41, 5.74) is 5.36. The third kappa shape index (κ3) is 3.80. The van der Waals surface area contributed by atoms with Crippen LogP contribution in [0.15, 0.2) is 53.4 Å². The number of hydrogen-bond donors (Lipinski definition) is 0. The molecule has 25 heavy (non-hydrogen) atoms. The van der Waals surface area contributed by atoms with Crippen LogP contribution in [0.3, 0.4) is 0 Å². The zero-order valence-electron chi connectivity index (χ0n) is 14.5. The van der Waals surface area contributed by atoms with Gasteiger partial charge in [0.15, 0.2) is 0 Å². The number of likely N-dealkylation sites (N-methyl/N-ethyl adjacent to an activating group) is 1. The highest BCUT2D eigenvalue weighted by Crippen LogP contribution is 2.41. The summed E-state index contributed by atoms with van der Waals surface area (Å²) < 4.78 is 0. The van der Waals surface area contributed by atoms with E-state index < -0.39 is 0 Å². The van der Waals surface area contributed by atoms with E-state index in [1.54, 1.807) is 0 Å². The van der Waals surface area contributed by atoms with Crippen molar-refractivity contribution >= 4 is 28.9 Å². The lowest BCUT2D eigenvalue weighted by Gasteiger charge is -2.31. The number of hydrogen-bond acceptors (Lipinski definition) is 3. The molecule has 4 rings (SSSR count). The van der Waals surface area contributed by atoms with Gasteiger partial charge in [0.1, 0.15) is 0 Å². The summed E-state index contributed by atoms with van der Waals surface area (Å²) in [5.74, 6) is 1.01. The van der Waals surface area contributed by atoms with Crippen LogP contribution < -0.4 is 0 Å². The molecule has 0 saturated carbocycles. The largest absolute Gasteiger partial charge is 0.304 e. The number of rotatable bonds is 2. The average molecular weight is 371 g/mol. The number of halogens is 1. The first kappa shape index (κ1) is 17.2. The van der Waals surface area contributed by atoms with E-state index in [4.69, 9.17) is 11.6 Å². The zero-order valence-corrected chi connectivity index (χ0v) is 16.1. The number of fused-ring (bicyclic) bond motifs is 2. The van der Waals surface area contributed by atoms with Crippen molar-refractivity contribution in [1.82, 2.24) is 9.80 Å². The van der Waals surface area contributed by atoms with Crippen LogP contribution in [0.1, 0.15) is 16.7 Å². The highest BCUT2D eigenvalue weighted by molar-refractivity contribution is 7.98. The van der Waals surface area contributed by atoms with Crippen LogP contribution in [0.5, 0.6) is 0 Å². The van der Waals surface area contributed by atoms with E-state index in [0.717, 1.165) is 43.5 Å². The van der Waals surface area contributed by atoms with Crippen molar-refractivity contribution in [2.45, 2.75) is 10.6 Å². The van der Waals surface area contributed by atoms with Gasteiger partial charge in [0.05, 0.1) is 0 Å². The van der Waals surface area contributed by atoms with Gasteiger partial charge < -0.3 is 4.90 Å². The van der Waals surface area contributed by atoms with Crippen molar-refractivity contribution in [3.05, 3.63) is 70.3 Å². The Labute approximate surface area is 159 Å². The fourth-order valence-electron chi connectivity index (χ4n) is 3.52. The maximum atomic E-state index is 6.33. The standard InChI is InChI=1S/C21H23ClN2S/c1-23-10-12-24(13-11-23)9-8-19-18-5-3-2-4-16(18)15-25-21-7-6-17(22)14-20(19)21/h2-8,14H,9-13,15H2,1H3. The lowest BCUT2D eigenvalue weighted by atomic mass is 9.94. The highest BCUT2D eigenvalue weighted by atomic mass is 35.5. The summed E-state index contributed by atoms with van der Waals surface area (Å²) in [6.07, 6.45) is 2.41.